The van der Waals surface area contributed by atoms with Gasteiger partial charge in [0.15, 0.2) is 9.84 Å². The number of aromatic nitrogens is 2. The highest BCUT2D eigenvalue weighted by molar-refractivity contribution is 7.90. The zero-order chi connectivity index (χ0) is 16.4. The van der Waals surface area contributed by atoms with Crippen molar-refractivity contribution >= 4 is 15.7 Å². The van der Waals surface area contributed by atoms with E-state index in [2.05, 4.69) is 5.10 Å². The summed E-state index contributed by atoms with van der Waals surface area (Å²) in [7, 11) is -3.32. The smallest absolute Gasteiger partial charge is 0.253 e. The van der Waals surface area contributed by atoms with Crippen LogP contribution in [-0.4, -0.2) is 48.4 Å². The molecule has 2 aromatic rings. The summed E-state index contributed by atoms with van der Waals surface area (Å²) in [6.07, 6.45) is 6.67. The molecule has 6 nitrogen and oxygen atoms in total. The summed E-state index contributed by atoms with van der Waals surface area (Å²) in [5, 5.41) is 4.25. The molecule has 7 heteroatoms. The maximum atomic E-state index is 12.7. The third-order valence-corrected chi connectivity index (χ3v) is 5.20. The lowest BCUT2D eigenvalue weighted by atomic mass is 10.0. The van der Waals surface area contributed by atoms with Gasteiger partial charge in [0.05, 0.1) is 10.9 Å². The highest BCUT2D eigenvalue weighted by atomic mass is 32.2. The molecular weight excluding hydrogens is 314 g/mol. The van der Waals surface area contributed by atoms with Crippen LogP contribution in [0.5, 0.6) is 0 Å². The molecule has 3 rings (SSSR count). The van der Waals surface area contributed by atoms with E-state index >= 15 is 0 Å². The van der Waals surface area contributed by atoms with E-state index in [0.29, 0.717) is 18.7 Å². The monoisotopic (exact) mass is 333 g/mol. The van der Waals surface area contributed by atoms with Crippen LogP contribution in [0, 0.1) is 0 Å². The highest BCUT2D eigenvalue weighted by Gasteiger charge is 2.26. The van der Waals surface area contributed by atoms with Gasteiger partial charge in [-0.1, -0.05) is 6.07 Å². The normalized spacial score (nSPS) is 18.8. The largest absolute Gasteiger partial charge is 0.337 e. The van der Waals surface area contributed by atoms with E-state index in [4.69, 9.17) is 0 Å². The van der Waals surface area contributed by atoms with Crippen molar-refractivity contribution in [3.63, 3.8) is 0 Å². The number of carbonyl (C=O) groups is 1. The molecule has 0 saturated carbocycles. The van der Waals surface area contributed by atoms with Crippen LogP contribution in [0.2, 0.25) is 0 Å². The number of amides is 1. The fraction of sp³-hybridized carbons (Fsp3) is 0.375. The second kappa shape index (κ2) is 6.16. The summed E-state index contributed by atoms with van der Waals surface area (Å²) in [4.78, 5) is 14.6. The minimum atomic E-state index is -3.32. The highest BCUT2D eigenvalue weighted by Crippen LogP contribution is 2.22. The van der Waals surface area contributed by atoms with Crippen molar-refractivity contribution in [2.75, 3.05) is 19.3 Å². The molecule has 1 atom stereocenters. The number of rotatable bonds is 3. The van der Waals surface area contributed by atoms with Crippen LogP contribution in [0.1, 0.15) is 29.2 Å². The minimum absolute atomic E-state index is 0.132. The topological polar surface area (TPSA) is 72.3 Å². The van der Waals surface area contributed by atoms with Crippen LogP contribution in [0.15, 0.2) is 47.6 Å². The van der Waals surface area contributed by atoms with Crippen molar-refractivity contribution in [1.82, 2.24) is 14.7 Å². The number of nitrogens with zero attached hydrogens (tertiary/aromatic N) is 3. The molecule has 0 aliphatic carbocycles. The second-order valence-electron chi connectivity index (χ2n) is 5.83. The number of benzene rings is 1. The van der Waals surface area contributed by atoms with Crippen LogP contribution >= 0.6 is 0 Å². The lowest BCUT2D eigenvalue weighted by Gasteiger charge is -2.33. The Labute approximate surface area is 135 Å². The zero-order valence-corrected chi connectivity index (χ0v) is 13.7. The van der Waals surface area contributed by atoms with Gasteiger partial charge < -0.3 is 4.90 Å². The van der Waals surface area contributed by atoms with Gasteiger partial charge >= 0.3 is 0 Å². The molecule has 1 amide bonds. The van der Waals surface area contributed by atoms with E-state index in [1.807, 2.05) is 16.9 Å². The first-order valence-electron chi connectivity index (χ1n) is 7.54. The van der Waals surface area contributed by atoms with Crippen LogP contribution in [0.25, 0.3) is 0 Å². The van der Waals surface area contributed by atoms with E-state index in [1.165, 1.54) is 12.1 Å². The van der Waals surface area contributed by atoms with E-state index in [1.54, 1.807) is 23.2 Å². The van der Waals surface area contributed by atoms with Crippen molar-refractivity contribution < 1.29 is 13.2 Å². The Morgan fingerprint density at radius 1 is 1.30 bits per heavy atom. The summed E-state index contributed by atoms with van der Waals surface area (Å²) in [6.45, 7) is 1.27. The second-order valence-corrected chi connectivity index (χ2v) is 7.85. The Morgan fingerprint density at radius 3 is 2.83 bits per heavy atom. The zero-order valence-electron chi connectivity index (χ0n) is 12.9. The number of hydrogen-bond acceptors (Lipinski definition) is 4. The maximum absolute atomic E-state index is 12.7. The lowest BCUT2D eigenvalue weighted by Crippen LogP contribution is -2.40. The predicted molar refractivity (Wildman–Crippen MR) is 86.0 cm³/mol. The first kappa shape index (κ1) is 15.7. The van der Waals surface area contributed by atoms with Gasteiger partial charge in [-0.2, -0.15) is 5.10 Å². The number of likely N-dealkylation sites (tertiary alicyclic amines) is 1. The molecule has 1 unspecified atom stereocenters. The first-order valence-corrected chi connectivity index (χ1v) is 9.43. The number of piperidine rings is 1. The van der Waals surface area contributed by atoms with Crippen molar-refractivity contribution in [1.29, 1.82) is 0 Å². The summed E-state index contributed by atoms with van der Waals surface area (Å²) >= 11 is 0. The molecule has 1 aliphatic rings. The van der Waals surface area contributed by atoms with Gasteiger partial charge in [-0.3, -0.25) is 9.48 Å². The molecule has 1 aliphatic heterocycles. The minimum Gasteiger partial charge on any atom is -0.337 e. The SMILES string of the molecule is CS(=O)(=O)c1cccc(C(=O)N2CCCC(n3cccn3)C2)c1. The standard InChI is InChI=1S/C16H19N3O3S/c1-23(21,22)15-7-2-5-13(11-15)16(20)18-9-3-6-14(12-18)19-10-4-8-17-19/h2,4-5,7-8,10-11,14H,3,6,9,12H2,1H3. The molecule has 0 bridgehead atoms. The summed E-state index contributed by atoms with van der Waals surface area (Å²) in [6, 6.07) is 8.27. The van der Waals surface area contributed by atoms with E-state index in [-0.39, 0.29) is 16.8 Å². The Morgan fingerprint density at radius 2 is 2.13 bits per heavy atom. The van der Waals surface area contributed by atoms with Gasteiger partial charge in [-0.25, -0.2) is 8.42 Å². The fourth-order valence-corrected chi connectivity index (χ4v) is 3.56. The van der Waals surface area contributed by atoms with Gasteiger partial charge in [0.25, 0.3) is 5.91 Å². The molecule has 0 spiro atoms. The third-order valence-electron chi connectivity index (χ3n) is 4.09. The molecule has 0 radical (unpaired) electrons. The molecule has 0 N–H and O–H groups in total. The molecule has 122 valence electrons. The Balaban J connectivity index is 1.80. The first-order chi connectivity index (χ1) is 10.9. The molecule has 1 fully saturated rings. The van der Waals surface area contributed by atoms with Crippen LogP contribution in [0.3, 0.4) is 0 Å². The molecule has 2 heterocycles. The van der Waals surface area contributed by atoms with Crippen LogP contribution in [0.4, 0.5) is 0 Å². The average molecular weight is 333 g/mol. The van der Waals surface area contributed by atoms with E-state index < -0.39 is 9.84 Å². The number of sulfone groups is 1. The van der Waals surface area contributed by atoms with Gasteiger partial charge in [-0.15, -0.1) is 0 Å². The van der Waals surface area contributed by atoms with Gasteiger partial charge in [0.2, 0.25) is 0 Å². The van der Waals surface area contributed by atoms with Crippen molar-refractivity contribution in [3.8, 4) is 0 Å². The fourth-order valence-electron chi connectivity index (χ4n) is 2.89. The van der Waals surface area contributed by atoms with Gasteiger partial charge in [-0.05, 0) is 37.1 Å². The summed E-state index contributed by atoms with van der Waals surface area (Å²) in [5.41, 5.74) is 0.411. The summed E-state index contributed by atoms with van der Waals surface area (Å²) < 4.78 is 25.2. The van der Waals surface area contributed by atoms with E-state index in [0.717, 1.165) is 19.1 Å². The third kappa shape index (κ3) is 3.44. The summed E-state index contributed by atoms with van der Waals surface area (Å²) in [5.74, 6) is -0.132. The number of hydrogen-bond donors (Lipinski definition) is 0. The maximum Gasteiger partial charge on any atom is 0.253 e. The van der Waals surface area contributed by atoms with Crippen molar-refractivity contribution in [2.24, 2.45) is 0 Å². The van der Waals surface area contributed by atoms with Crippen molar-refractivity contribution in [2.45, 2.75) is 23.8 Å². The van der Waals surface area contributed by atoms with Crippen molar-refractivity contribution in [3.05, 3.63) is 48.3 Å². The Bertz CT molecular complexity index is 800. The molecule has 1 aromatic heterocycles. The van der Waals surface area contributed by atoms with E-state index in [9.17, 15) is 13.2 Å². The lowest BCUT2D eigenvalue weighted by molar-refractivity contribution is 0.0672. The molecule has 1 aromatic carbocycles. The van der Waals surface area contributed by atoms with Crippen LogP contribution < -0.4 is 0 Å². The predicted octanol–water partition coefficient (Wildman–Crippen LogP) is 1.76. The number of carbonyl (C=O) groups excluding carboxylic acids is 1. The Hall–Kier alpha value is -2.15. The molecule has 1 saturated heterocycles. The average Bonchev–Trinajstić information content (AvgIpc) is 3.08. The quantitative estimate of drug-likeness (QED) is 0.858. The van der Waals surface area contributed by atoms with Gasteiger partial charge in [0, 0.05) is 37.3 Å². The van der Waals surface area contributed by atoms with Crippen LogP contribution in [-0.2, 0) is 9.84 Å². The van der Waals surface area contributed by atoms with Gasteiger partial charge in [0.1, 0.15) is 0 Å². The Kier molecular flexibility index (Phi) is 4.21. The molecule has 23 heavy (non-hydrogen) atoms. The molecular formula is C16H19N3O3S.